The Morgan fingerprint density at radius 1 is 1.32 bits per heavy atom. The zero-order chi connectivity index (χ0) is 13.6. The Labute approximate surface area is 112 Å². The minimum absolute atomic E-state index is 0.0294. The fraction of sp³-hybridized carbons (Fsp3) is 0.500. The minimum atomic E-state index is -0.111. The number of hydrogen-bond acceptors (Lipinski definition) is 4. The molecule has 0 aliphatic carbocycles. The topological polar surface area (TPSA) is 64.8 Å². The zero-order valence-electron chi connectivity index (χ0n) is 11.2. The highest BCUT2D eigenvalue weighted by molar-refractivity contribution is 6.00. The van der Waals surface area contributed by atoms with Crippen LogP contribution in [0.15, 0.2) is 12.1 Å². The molecule has 19 heavy (non-hydrogen) atoms. The Balaban J connectivity index is 1.96. The number of nitrogen functional groups attached to an aromatic ring is 1. The van der Waals surface area contributed by atoms with Gasteiger partial charge in [-0.2, -0.15) is 0 Å². The molecule has 102 valence electrons. The van der Waals surface area contributed by atoms with Gasteiger partial charge in [0.15, 0.2) is 11.5 Å². The molecule has 0 spiro atoms. The highest BCUT2D eigenvalue weighted by atomic mass is 16.7. The number of carbonyl (C=O) groups excluding carboxylic acids is 1. The van der Waals surface area contributed by atoms with E-state index in [9.17, 15) is 4.79 Å². The van der Waals surface area contributed by atoms with Crippen molar-refractivity contribution in [2.24, 2.45) is 0 Å². The summed E-state index contributed by atoms with van der Waals surface area (Å²) in [6.45, 7) is 5.13. The molecule has 1 saturated heterocycles. The molecule has 3 rings (SSSR count). The maximum absolute atomic E-state index is 12.6. The number of likely N-dealkylation sites (tertiary alicyclic amines) is 1. The van der Waals surface area contributed by atoms with E-state index in [1.54, 1.807) is 12.1 Å². The number of nitrogens with two attached hydrogens (primary N) is 1. The predicted molar refractivity (Wildman–Crippen MR) is 71.3 cm³/mol. The van der Waals surface area contributed by atoms with Gasteiger partial charge in [0.2, 0.25) is 6.79 Å². The summed E-state index contributed by atoms with van der Waals surface area (Å²) in [4.78, 5) is 14.5. The summed E-state index contributed by atoms with van der Waals surface area (Å²) in [6, 6.07) is 3.35. The Bertz CT molecular complexity index is 540. The van der Waals surface area contributed by atoms with Gasteiger partial charge < -0.3 is 20.1 Å². The van der Waals surface area contributed by atoms with Crippen molar-refractivity contribution >= 4 is 11.6 Å². The minimum Gasteiger partial charge on any atom is -0.454 e. The summed E-state index contributed by atoms with van der Waals surface area (Å²) >= 11 is 0. The summed E-state index contributed by atoms with van der Waals surface area (Å²) < 4.78 is 10.6. The normalized spacial score (nSPS) is 19.8. The smallest absolute Gasteiger partial charge is 0.256 e. The van der Waals surface area contributed by atoms with Gasteiger partial charge in [0.1, 0.15) is 0 Å². The Hall–Kier alpha value is -1.91. The molecule has 1 aromatic carbocycles. The van der Waals surface area contributed by atoms with Crippen molar-refractivity contribution < 1.29 is 14.3 Å². The van der Waals surface area contributed by atoms with Crippen LogP contribution in [0.25, 0.3) is 0 Å². The second-order valence-corrected chi connectivity index (χ2v) is 5.67. The molecule has 1 amide bonds. The second-order valence-electron chi connectivity index (χ2n) is 5.67. The fourth-order valence-electron chi connectivity index (χ4n) is 2.77. The van der Waals surface area contributed by atoms with Crippen LogP contribution in [-0.4, -0.2) is 29.7 Å². The van der Waals surface area contributed by atoms with E-state index in [1.807, 2.05) is 4.90 Å². The number of ether oxygens (including phenoxy) is 2. The van der Waals surface area contributed by atoms with Gasteiger partial charge in [0.25, 0.3) is 5.91 Å². The second kappa shape index (κ2) is 4.05. The molecule has 0 unspecified atom stereocenters. The molecule has 1 fully saturated rings. The first-order valence-corrected chi connectivity index (χ1v) is 6.50. The standard InChI is InChI=1S/C14H18N2O3/c1-14(2)4-3-5-16(14)13(17)9-6-11-12(7-10(9)15)19-8-18-11/h6-7H,3-5,8,15H2,1-2H3. The number of nitrogens with zero attached hydrogens (tertiary/aromatic N) is 1. The quantitative estimate of drug-likeness (QED) is 0.786. The van der Waals surface area contributed by atoms with Crippen LogP contribution in [0.3, 0.4) is 0 Å². The lowest BCUT2D eigenvalue weighted by molar-refractivity contribution is 0.0652. The largest absolute Gasteiger partial charge is 0.454 e. The van der Waals surface area contributed by atoms with E-state index >= 15 is 0 Å². The number of anilines is 1. The van der Waals surface area contributed by atoms with Crippen molar-refractivity contribution in [3.8, 4) is 11.5 Å². The van der Waals surface area contributed by atoms with Crippen LogP contribution in [0.4, 0.5) is 5.69 Å². The summed E-state index contributed by atoms with van der Waals surface area (Å²) in [6.07, 6.45) is 2.05. The molecule has 0 radical (unpaired) electrons. The van der Waals surface area contributed by atoms with Crippen LogP contribution >= 0.6 is 0 Å². The molecule has 2 aliphatic heterocycles. The third kappa shape index (κ3) is 1.89. The average Bonchev–Trinajstić information content (AvgIpc) is 2.92. The first-order valence-electron chi connectivity index (χ1n) is 6.50. The number of hydrogen-bond donors (Lipinski definition) is 1. The van der Waals surface area contributed by atoms with E-state index < -0.39 is 0 Å². The van der Waals surface area contributed by atoms with Crippen molar-refractivity contribution in [1.29, 1.82) is 0 Å². The van der Waals surface area contributed by atoms with E-state index in [0.717, 1.165) is 19.4 Å². The number of fused-ring (bicyclic) bond motifs is 1. The molecule has 0 bridgehead atoms. The highest BCUT2D eigenvalue weighted by Gasteiger charge is 2.36. The number of benzene rings is 1. The van der Waals surface area contributed by atoms with Crippen LogP contribution in [0.1, 0.15) is 37.0 Å². The third-order valence-electron chi connectivity index (χ3n) is 3.92. The molecular formula is C14H18N2O3. The molecule has 0 saturated carbocycles. The number of amides is 1. The van der Waals surface area contributed by atoms with Crippen LogP contribution in [0.2, 0.25) is 0 Å². The van der Waals surface area contributed by atoms with Crippen LogP contribution in [-0.2, 0) is 0 Å². The lowest BCUT2D eigenvalue weighted by Gasteiger charge is -2.32. The third-order valence-corrected chi connectivity index (χ3v) is 3.92. The first-order chi connectivity index (χ1) is 8.99. The average molecular weight is 262 g/mol. The molecule has 1 aromatic rings. The molecule has 2 heterocycles. The zero-order valence-corrected chi connectivity index (χ0v) is 11.2. The summed E-state index contributed by atoms with van der Waals surface area (Å²) in [5.41, 5.74) is 6.80. The van der Waals surface area contributed by atoms with Crippen molar-refractivity contribution in [2.45, 2.75) is 32.2 Å². The van der Waals surface area contributed by atoms with Gasteiger partial charge in [-0.3, -0.25) is 4.79 Å². The number of carbonyl (C=O) groups is 1. The fourth-order valence-corrected chi connectivity index (χ4v) is 2.77. The van der Waals surface area contributed by atoms with E-state index in [1.165, 1.54) is 0 Å². The van der Waals surface area contributed by atoms with Gasteiger partial charge in [-0.1, -0.05) is 0 Å². The van der Waals surface area contributed by atoms with E-state index in [2.05, 4.69) is 13.8 Å². The van der Waals surface area contributed by atoms with Gasteiger partial charge in [0, 0.05) is 23.8 Å². The van der Waals surface area contributed by atoms with Crippen molar-refractivity contribution in [1.82, 2.24) is 4.90 Å². The molecule has 2 N–H and O–H groups in total. The van der Waals surface area contributed by atoms with Gasteiger partial charge in [-0.15, -0.1) is 0 Å². The molecular weight excluding hydrogens is 244 g/mol. The van der Waals surface area contributed by atoms with E-state index in [0.29, 0.717) is 22.7 Å². The summed E-state index contributed by atoms with van der Waals surface area (Å²) in [7, 11) is 0. The van der Waals surface area contributed by atoms with E-state index in [4.69, 9.17) is 15.2 Å². The molecule has 5 nitrogen and oxygen atoms in total. The Morgan fingerprint density at radius 2 is 2.00 bits per heavy atom. The number of rotatable bonds is 1. The van der Waals surface area contributed by atoms with Crippen LogP contribution in [0.5, 0.6) is 11.5 Å². The monoisotopic (exact) mass is 262 g/mol. The molecule has 0 atom stereocenters. The van der Waals surface area contributed by atoms with Gasteiger partial charge in [0.05, 0.1) is 5.56 Å². The molecule has 5 heteroatoms. The van der Waals surface area contributed by atoms with Gasteiger partial charge >= 0.3 is 0 Å². The van der Waals surface area contributed by atoms with Gasteiger partial charge in [-0.05, 0) is 32.8 Å². The van der Waals surface area contributed by atoms with Crippen LogP contribution < -0.4 is 15.2 Å². The van der Waals surface area contributed by atoms with Crippen molar-refractivity contribution in [3.05, 3.63) is 17.7 Å². The highest BCUT2D eigenvalue weighted by Crippen LogP contribution is 2.38. The summed E-state index contributed by atoms with van der Waals surface area (Å²) in [5.74, 6) is 1.17. The SMILES string of the molecule is CC1(C)CCCN1C(=O)c1cc2c(cc1N)OCO2. The Kier molecular flexibility index (Phi) is 2.59. The lowest BCUT2D eigenvalue weighted by atomic mass is 10.0. The Morgan fingerprint density at radius 3 is 2.63 bits per heavy atom. The van der Waals surface area contributed by atoms with Gasteiger partial charge in [-0.25, -0.2) is 0 Å². The maximum Gasteiger partial charge on any atom is 0.256 e. The summed E-state index contributed by atoms with van der Waals surface area (Å²) in [5, 5.41) is 0. The first kappa shape index (κ1) is 12.1. The van der Waals surface area contributed by atoms with Crippen molar-refractivity contribution in [3.63, 3.8) is 0 Å². The van der Waals surface area contributed by atoms with Crippen LogP contribution in [0, 0.1) is 0 Å². The molecule has 2 aliphatic rings. The van der Waals surface area contributed by atoms with E-state index in [-0.39, 0.29) is 18.2 Å². The van der Waals surface area contributed by atoms with Crippen molar-refractivity contribution in [2.75, 3.05) is 19.1 Å². The molecule has 0 aromatic heterocycles. The lowest BCUT2D eigenvalue weighted by Crippen LogP contribution is -2.42. The predicted octanol–water partition coefficient (Wildman–Crippen LogP) is 2.01. The maximum atomic E-state index is 12.6.